The molecule has 1 saturated heterocycles. The van der Waals surface area contributed by atoms with E-state index < -0.39 is 43.6 Å². The third-order valence-corrected chi connectivity index (χ3v) is 6.14. The second-order valence-corrected chi connectivity index (χ2v) is 8.17. The van der Waals surface area contributed by atoms with Crippen LogP contribution < -0.4 is 0 Å². The number of aliphatic carboxylic acids is 1. The van der Waals surface area contributed by atoms with E-state index >= 15 is 0 Å². The number of likely N-dealkylation sites (N-methyl/N-ethyl adjacent to an activating group) is 1. The van der Waals surface area contributed by atoms with E-state index in [2.05, 4.69) is 12.1 Å². The highest BCUT2D eigenvalue weighted by Gasteiger charge is 2.48. The molecule has 2 aliphatic rings. The number of hydrogen-bond donors (Lipinski definition) is 4. The van der Waals surface area contributed by atoms with Crippen LogP contribution in [-0.4, -0.2) is 75.5 Å². The number of nitrogens with zero attached hydrogens (tertiary/aromatic N) is 1. The Morgan fingerprint density at radius 1 is 1.03 bits per heavy atom. The standard InChI is InChI=1S/C25H29NO6/c1-26(24-22(29)20(27)21(28)23(32-24)25(30)31)14-6-11-19-17-9-4-2-7-15(17)12-13-16-8-3-5-10-18(16)19/h2-5,7-11,20-24,27-29H,6,12-14H2,1H3,(H,30,31)/t20-,21-,22+,23-,24+/m0/s1/i1D3. The number of fused-ring (bicyclic) bond motifs is 2. The molecule has 4 rings (SSSR count). The second-order valence-electron chi connectivity index (χ2n) is 8.17. The summed E-state index contributed by atoms with van der Waals surface area (Å²) in [6.07, 6.45) is -5.15. The molecule has 0 saturated carbocycles. The van der Waals surface area contributed by atoms with Gasteiger partial charge in [-0.2, -0.15) is 0 Å². The fourth-order valence-electron chi connectivity index (χ4n) is 4.43. The lowest BCUT2D eigenvalue weighted by Crippen LogP contribution is -2.63. The number of aliphatic hydroxyl groups excluding tert-OH is 3. The van der Waals surface area contributed by atoms with Crippen LogP contribution in [0.5, 0.6) is 0 Å². The molecule has 4 N–H and O–H groups in total. The number of ether oxygens (including phenoxy) is 1. The van der Waals surface area contributed by atoms with Crippen molar-refractivity contribution in [1.29, 1.82) is 0 Å². The Labute approximate surface area is 191 Å². The highest BCUT2D eigenvalue weighted by molar-refractivity contribution is 5.83. The molecule has 2 aromatic rings. The van der Waals surface area contributed by atoms with Crippen molar-refractivity contribution in [2.75, 3.05) is 13.5 Å². The lowest BCUT2D eigenvalue weighted by Gasteiger charge is -2.42. The molecule has 1 aliphatic heterocycles. The van der Waals surface area contributed by atoms with Gasteiger partial charge >= 0.3 is 5.97 Å². The fraction of sp³-hybridized carbons (Fsp3) is 0.400. The summed E-state index contributed by atoms with van der Waals surface area (Å²) in [7, 11) is 0. The lowest BCUT2D eigenvalue weighted by molar-refractivity contribution is -0.256. The Morgan fingerprint density at radius 2 is 1.62 bits per heavy atom. The van der Waals surface area contributed by atoms with Crippen LogP contribution in [0.4, 0.5) is 0 Å². The number of benzene rings is 2. The number of aliphatic hydroxyl groups is 3. The molecule has 1 aliphatic carbocycles. The van der Waals surface area contributed by atoms with Gasteiger partial charge in [0.2, 0.25) is 0 Å². The van der Waals surface area contributed by atoms with E-state index in [0.29, 0.717) is 0 Å². The molecule has 32 heavy (non-hydrogen) atoms. The average molecular weight is 443 g/mol. The summed E-state index contributed by atoms with van der Waals surface area (Å²) in [6.45, 7) is -2.87. The van der Waals surface area contributed by atoms with Crippen molar-refractivity contribution in [3.63, 3.8) is 0 Å². The van der Waals surface area contributed by atoms with Crippen LogP contribution in [0.25, 0.3) is 5.57 Å². The largest absolute Gasteiger partial charge is 0.479 e. The molecular weight excluding hydrogens is 410 g/mol. The van der Waals surface area contributed by atoms with Gasteiger partial charge in [0.15, 0.2) is 6.10 Å². The first-order valence-corrected chi connectivity index (χ1v) is 10.7. The van der Waals surface area contributed by atoms with Gasteiger partial charge in [-0.3, -0.25) is 4.90 Å². The zero-order valence-electron chi connectivity index (χ0n) is 20.5. The highest BCUT2D eigenvalue weighted by Crippen LogP contribution is 2.34. The third kappa shape index (κ3) is 4.35. The predicted octanol–water partition coefficient (Wildman–Crippen LogP) is 1.43. The van der Waals surface area contributed by atoms with Crippen LogP contribution in [0.2, 0.25) is 0 Å². The molecule has 0 spiro atoms. The summed E-state index contributed by atoms with van der Waals surface area (Å²) in [5, 5.41) is 39.9. The van der Waals surface area contributed by atoms with E-state index in [1.165, 1.54) is 11.1 Å². The van der Waals surface area contributed by atoms with Gasteiger partial charge in [0, 0.05) is 10.7 Å². The van der Waals surface area contributed by atoms with Crippen molar-refractivity contribution in [3.05, 3.63) is 76.9 Å². The van der Waals surface area contributed by atoms with Crippen LogP contribution in [0.1, 0.15) is 32.8 Å². The summed E-state index contributed by atoms with van der Waals surface area (Å²) in [5.74, 6) is -1.56. The van der Waals surface area contributed by atoms with Crippen molar-refractivity contribution < 1.29 is 34.1 Å². The molecule has 170 valence electrons. The highest BCUT2D eigenvalue weighted by atomic mass is 16.6. The minimum absolute atomic E-state index is 0.110. The topological polar surface area (TPSA) is 110 Å². The van der Waals surface area contributed by atoms with Crippen molar-refractivity contribution in [1.82, 2.24) is 4.90 Å². The molecule has 0 bridgehead atoms. The van der Waals surface area contributed by atoms with Gasteiger partial charge in [-0.05, 0) is 54.1 Å². The molecule has 2 aromatic carbocycles. The first kappa shape index (κ1) is 19.0. The summed E-state index contributed by atoms with van der Waals surface area (Å²) in [5.41, 5.74) is 5.49. The zero-order chi connectivity index (χ0) is 25.3. The molecule has 1 fully saturated rings. The summed E-state index contributed by atoms with van der Waals surface area (Å²) < 4.78 is 29.2. The molecule has 7 nitrogen and oxygen atoms in total. The van der Waals surface area contributed by atoms with E-state index in [1.807, 2.05) is 42.5 Å². The maximum Gasteiger partial charge on any atom is 0.335 e. The molecule has 0 amide bonds. The molecule has 0 aromatic heterocycles. The number of hydrogen-bond acceptors (Lipinski definition) is 6. The Bertz CT molecular complexity index is 1060. The maximum atomic E-state index is 11.5. The molecular formula is C25H29NO6. The Balaban J connectivity index is 1.64. The average Bonchev–Trinajstić information content (AvgIpc) is 2.97. The van der Waals surface area contributed by atoms with Gasteiger partial charge in [-0.25, -0.2) is 4.79 Å². The molecule has 0 radical (unpaired) electrons. The van der Waals surface area contributed by atoms with Crippen LogP contribution in [-0.2, 0) is 22.4 Å². The monoisotopic (exact) mass is 442 g/mol. The van der Waals surface area contributed by atoms with E-state index in [1.54, 1.807) is 0 Å². The molecule has 1 heterocycles. The first-order valence-electron chi connectivity index (χ1n) is 12.2. The third-order valence-electron chi connectivity index (χ3n) is 6.14. The predicted molar refractivity (Wildman–Crippen MR) is 119 cm³/mol. The first-order chi connectivity index (χ1) is 16.6. The van der Waals surface area contributed by atoms with Crippen molar-refractivity contribution in [3.8, 4) is 0 Å². The van der Waals surface area contributed by atoms with Crippen molar-refractivity contribution >= 4 is 11.5 Å². The second kappa shape index (κ2) is 9.52. The van der Waals surface area contributed by atoms with Crippen LogP contribution >= 0.6 is 0 Å². The van der Waals surface area contributed by atoms with Gasteiger partial charge < -0.3 is 25.2 Å². The molecule has 7 heteroatoms. The van der Waals surface area contributed by atoms with Gasteiger partial charge in [0.1, 0.15) is 24.5 Å². The summed E-state index contributed by atoms with van der Waals surface area (Å²) in [6, 6.07) is 16.1. The Kier molecular flexibility index (Phi) is 5.64. The smallest absolute Gasteiger partial charge is 0.335 e. The molecule has 5 atom stereocenters. The summed E-state index contributed by atoms with van der Waals surface area (Å²) in [4.78, 5) is 12.3. The number of carboxylic acids is 1. The number of rotatable bonds is 5. The van der Waals surface area contributed by atoms with Crippen LogP contribution in [0.15, 0.2) is 54.6 Å². The number of carbonyl (C=O) groups is 1. The lowest BCUT2D eigenvalue weighted by atomic mass is 9.93. The molecule has 0 unspecified atom stereocenters. The summed E-state index contributed by atoms with van der Waals surface area (Å²) >= 11 is 0. The van der Waals surface area contributed by atoms with Crippen LogP contribution in [0.3, 0.4) is 0 Å². The maximum absolute atomic E-state index is 11.5. The van der Waals surface area contributed by atoms with E-state index in [9.17, 15) is 25.2 Å². The van der Waals surface area contributed by atoms with Crippen molar-refractivity contribution in [2.45, 2.75) is 49.9 Å². The minimum Gasteiger partial charge on any atom is -0.479 e. The number of aryl methyl sites for hydroxylation is 2. The van der Waals surface area contributed by atoms with Crippen molar-refractivity contribution in [2.24, 2.45) is 0 Å². The van der Waals surface area contributed by atoms with Crippen LogP contribution in [0, 0.1) is 0 Å². The normalized spacial score (nSPS) is 29.2. The van der Waals surface area contributed by atoms with Gasteiger partial charge in [0.05, 0.1) is 0 Å². The minimum atomic E-state index is -2.76. The van der Waals surface area contributed by atoms with Gasteiger partial charge in [-0.1, -0.05) is 54.6 Å². The fourth-order valence-corrected chi connectivity index (χ4v) is 4.43. The van der Waals surface area contributed by atoms with Gasteiger partial charge in [-0.15, -0.1) is 0 Å². The Hall–Kier alpha value is -2.55. The number of carboxylic acid groups (broad SMARTS) is 1. The quantitative estimate of drug-likeness (QED) is 0.555. The van der Waals surface area contributed by atoms with Gasteiger partial charge in [0.25, 0.3) is 0 Å². The zero-order valence-corrected chi connectivity index (χ0v) is 17.5. The van der Waals surface area contributed by atoms with E-state index in [4.69, 9.17) is 8.85 Å². The Morgan fingerprint density at radius 3 is 2.19 bits per heavy atom. The van der Waals surface area contributed by atoms with E-state index in [0.717, 1.165) is 34.4 Å². The SMILES string of the molecule is [2H]C([2H])([2H])N(CCC=C1c2ccccc2CCc2ccccc21)[C@@H]1O[C@H](C(=O)O)[C@@H](O)[C@H](O)[C@H]1O. The van der Waals surface area contributed by atoms with E-state index in [-0.39, 0.29) is 13.0 Å².